The van der Waals surface area contributed by atoms with E-state index >= 15 is 0 Å². The number of fused-ring (bicyclic) bond motifs is 1. The first-order chi connectivity index (χ1) is 14.1. The third kappa shape index (κ3) is 5.19. The minimum Gasteiger partial charge on any atom is -0.494 e. The lowest BCUT2D eigenvalue weighted by Crippen LogP contribution is -2.34. The molecule has 5 nitrogen and oxygen atoms in total. The number of benzene rings is 2. The predicted octanol–water partition coefficient (Wildman–Crippen LogP) is 5.26. The van der Waals surface area contributed by atoms with Crippen molar-refractivity contribution in [2.45, 2.75) is 25.7 Å². The van der Waals surface area contributed by atoms with Gasteiger partial charge in [-0.3, -0.25) is 4.79 Å². The molecule has 152 valence electrons. The van der Waals surface area contributed by atoms with Gasteiger partial charge in [0.15, 0.2) is 5.13 Å². The van der Waals surface area contributed by atoms with Gasteiger partial charge in [0, 0.05) is 18.1 Å². The molecule has 4 rings (SSSR count). The topological polar surface area (TPSA) is 62.7 Å². The number of hydrogen-bond donors (Lipinski definition) is 1. The summed E-state index contributed by atoms with van der Waals surface area (Å²) < 4.78 is 7.04. The molecule has 1 fully saturated rings. The number of ether oxygens (including phenoxy) is 1. The average Bonchev–Trinajstić information content (AvgIpc) is 3.11. The van der Waals surface area contributed by atoms with E-state index < -0.39 is 5.97 Å². The molecule has 0 atom stereocenters. The van der Waals surface area contributed by atoms with Crippen molar-refractivity contribution in [3.05, 3.63) is 53.1 Å². The first-order valence-electron chi connectivity index (χ1n) is 9.81. The Bertz CT molecular complexity index is 999. The molecule has 0 saturated carbocycles. The minimum absolute atomic E-state index is 0.0215. The van der Waals surface area contributed by atoms with Crippen LogP contribution in [0.4, 0.5) is 5.13 Å². The second kappa shape index (κ2) is 9.01. The SMILES string of the molecule is O=C(O)Cc1cccc(OCCC2CCN(c3nc4cc(Cl)ccc4s3)CC2)c1. The van der Waals surface area contributed by atoms with Gasteiger partial charge in [-0.05, 0) is 61.1 Å². The number of thiazole rings is 1. The quantitative estimate of drug-likeness (QED) is 0.553. The first kappa shape index (κ1) is 20.0. The van der Waals surface area contributed by atoms with Crippen LogP contribution in [-0.4, -0.2) is 35.8 Å². The van der Waals surface area contributed by atoms with Gasteiger partial charge in [0.2, 0.25) is 0 Å². The minimum atomic E-state index is -0.829. The van der Waals surface area contributed by atoms with Crippen LogP contribution in [0.1, 0.15) is 24.8 Å². The van der Waals surface area contributed by atoms with E-state index in [9.17, 15) is 4.79 Å². The molecule has 1 N–H and O–H groups in total. The van der Waals surface area contributed by atoms with Crippen LogP contribution >= 0.6 is 22.9 Å². The Hall–Kier alpha value is -2.31. The zero-order chi connectivity index (χ0) is 20.2. The average molecular weight is 431 g/mol. The molecule has 1 aromatic heterocycles. The number of carboxylic acids is 1. The predicted molar refractivity (Wildman–Crippen MR) is 117 cm³/mol. The molecule has 0 amide bonds. The van der Waals surface area contributed by atoms with Crippen molar-refractivity contribution in [3.63, 3.8) is 0 Å². The molecule has 0 radical (unpaired) electrons. The van der Waals surface area contributed by atoms with Crippen LogP contribution in [0.3, 0.4) is 0 Å². The summed E-state index contributed by atoms with van der Waals surface area (Å²) in [6, 6.07) is 13.2. The van der Waals surface area contributed by atoms with Gasteiger partial charge in [-0.1, -0.05) is 35.1 Å². The number of aromatic nitrogens is 1. The number of carbonyl (C=O) groups is 1. The summed E-state index contributed by atoms with van der Waals surface area (Å²) in [5, 5.41) is 10.7. The smallest absolute Gasteiger partial charge is 0.307 e. The fourth-order valence-electron chi connectivity index (χ4n) is 3.70. The molecule has 0 spiro atoms. The fraction of sp³-hybridized carbons (Fsp3) is 0.364. The Balaban J connectivity index is 1.25. The number of nitrogens with zero attached hydrogens (tertiary/aromatic N) is 2. The van der Waals surface area contributed by atoms with Gasteiger partial charge in [-0.2, -0.15) is 0 Å². The Morgan fingerprint density at radius 2 is 2.07 bits per heavy atom. The van der Waals surface area contributed by atoms with E-state index in [4.69, 9.17) is 26.4 Å². The maximum absolute atomic E-state index is 10.8. The first-order valence-corrected chi connectivity index (χ1v) is 11.0. The number of carboxylic acid groups (broad SMARTS) is 1. The Kier molecular flexibility index (Phi) is 6.21. The van der Waals surface area contributed by atoms with Crippen LogP contribution < -0.4 is 9.64 Å². The summed E-state index contributed by atoms with van der Waals surface area (Å²) in [6.07, 6.45) is 3.28. The van der Waals surface area contributed by atoms with Crippen LogP contribution in [0.25, 0.3) is 10.2 Å². The lowest BCUT2D eigenvalue weighted by molar-refractivity contribution is -0.136. The zero-order valence-corrected chi connectivity index (χ0v) is 17.6. The molecule has 1 aliphatic rings. The maximum atomic E-state index is 10.8. The number of piperidine rings is 1. The van der Waals surface area contributed by atoms with Crippen molar-refractivity contribution in [3.8, 4) is 5.75 Å². The van der Waals surface area contributed by atoms with Crippen LogP contribution in [0.5, 0.6) is 5.75 Å². The highest BCUT2D eigenvalue weighted by atomic mass is 35.5. The highest BCUT2D eigenvalue weighted by Crippen LogP contribution is 2.33. The molecule has 0 bridgehead atoms. The summed E-state index contributed by atoms with van der Waals surface area (Å²) in [5.41, 5.74) is 1.73. The van der Waals surface area contributed by atoms with Crippen molar-refractivity contribution in [2.24, 2.45) is 5.92 Å². The van der Waals surface area contributed by atoms with Gasteiger partial charge >= 0.3 is 5.97 Å². The second-order valence-corrected chi connectivity index (χ2v) is 8.84. The Morgan fingerprint density at radius 3 is 2.86 bits per heavy atom. The van der Waals surface area contributed by atoms with Crippen LogP contribution in [0, 0.1) is 5.92 Å². The molecule has 1 aliphatic heterocycles. The summed E-state index contributed by atoms with van der Waals surface area (Å²) in [5.74, 6) is 0.553. The van der Waals surface area contributed by atoms with Crippen LogP contribution in [0.2, 0.25) is 5.02 Å². The molecular weight excluding hydrogens is 408 g/mol. The monoisotopic (exact) mass is 430 g/mol. The van der Waals surface area contributed by atoms with E-state index in [0.29, 0.717) is 12.5 Å². The van der Waals surface area contributed by atoms with Gasteiger partial charge in [-0.15, -0.1) is 0 Å². The van der Waals surface area contributed by atoms with E-state index in [-0.39, 0.29) is 6.42 Å². The summed E-state index contributed by atoms with van der Waals surface area (Å²) >= 11 is 7.79. The molecule has 7 heteroatoms. The van der Waals surface area contributed by atoms with E-state index in [2.05, 4.69) is 4.90 Å². The van der Waals surface area contributed by atoms with Crippen molar-refractivity contribution >= 4 is 44.3 Å². The number of hydrogen-bond acceptors (Lipinski definition) is 5. The van der Waals surface area contributed by atoms with E-state index in [1.54, 1.807) is 11.3 Å². The number of aliphatic carboxylic acids is 1. The highest BCUT2D eigenvalue weighted by Gasteiger charge is 2.21. The summed E-state index contributed by atoms with van der Waals surface area (Å²) in [4.78, 5) is 18.0. The molecule has 0 aliphatic carbocycles. The van der Waals surface area contributed by atoms with Gasteiger partial charge in [-0.25, -0.2) is 4.98 Å². The molecule has 29 heavy (non-hydrogen) atoms. The van der Waals surface area contributed by atoms with Crippen molar-refractivity contribution < 1.29 is 14.6 Å². The largest absolute Gasteiger partial charge is 0.494 e. The molecule has 1 saturated heterocycles. The third-order valence-electron chi connectivity index (χ3n) is 5.27. The summed E-state index contributed by atoms with van der Waals surface area (Å²) in [7, 11) is 0. The van der Waals surface area contributed by atoms with Crippen LogP contribution in [0.15, 0.2) is 42.5 Å². The maximum Gasteiger partial charge on any atom is 0.307 e. The number of rotatable bonds is 7. The summed E-state index contributed by atoms with van der Waals surface area (Å²) in [6.45, 7) is 2.67. The fourth-order valence-corrected chi connectivity index (χ4v) is 4.86. The molecule has 2 aromatic carbocycles. The lowest BCUT2D eigenvalue weighted by Gasteiger charge is -2.31. The van der Waals surface area contributed by atoms with E-state index in [1.807, 2.05) is 42.5 Å². The van der Waals surface area contributed by atoms with E-state index in [0.717, 1.165) is 59.3 Å². The number of halogens is 1. The number of anilines is 1. The standard InChI is InChI=1S/C22H23ClN2O3S/c23-17-4-5-20-19(14-17)24-22(29-20)25-9-6-15(7-10-25)8-11-28-18-3-1-2-16(12-18)13-21(26)27/h1-5,12,14-15H,6-11,13H2,(H,26,27). The van der Waals surface area contributed by atoms with Crippen molar-refractivity contribution in [1.82, 2.24) is 4.98 Å². The van der Waals surface area contributed by atoms with Crippen molar-refractivity contribution in [2.75, 3.05) is 24.6 Å². The van der Waals surface area contributed by atoms with Gasteiger partial charge in [0.05, 0.1) is 23.2 Å². The zero-order valence-electron chi connectivity index (χ0n) is 16.0. The van der Waals surface area contributed by atoms with Gasteiger partial charge in [0.1, 0.15) is 5.75 Å². The van der Waals surface area contributed by atoms with Crippen LogP contribution in [-0.2, 0) is 11.2 Å². The van der Waals surface area contributed by atoms with Gasteiger partial charge in [0.25, 0.3) is 0 Å². The van der Waals surface area contributed by atoms with E-state index in [1.165, 1.54) is 4.70 Å². The molecule has 2 heterocycles. The van der Waals surface area contributed by atoms with Crippen molar-refractivity contribution in [1.29, 1.82) is 0 Å². The lowest BCUT2D eigenvalue weighted by atomic mass is 9.94. The molecule has 0 unspecified atom stereocenters. The normalized spacial score (nSPS) is 15.0. The molecular formula is C22H23ClN2O3S. The second-order valence-electron chi connectivity index (χ2n) is 7.39. The Morgan fingerprint density at radius 1 is 1.24 bits per heavy atom. The highest BCUT2D eigenvalue weighted by molar-refractivity contribution is 7.22. The Labute approximate surface area is 178 Å². The third-order valence-corrected chi connectivity index (χ3v) is 6.60. The van der Waals surface area contributed by atoms with Gasteiger partial charge < -0.3 is 14.7 Å². The molecule has 3 aromatic rings.